The Morgan fingerprint density at radius 2 is 2.21 bits per heavy atom. The predicted molar refractivity (Wildman–Crippen MR) is 47.0 cm³/mol. The van der Waals surface area contributed by atoms with Crippen LogP contribution in [0, 0.1) is 6.61 Å². The van der Waals surface area contributed by atoms with E-state index in [0.29, 0.717) is 11.4 Å². The maximum atomic E-state index is 10.9. The minimum absolute atomic E-state index is 0.106. The van der Waals surface area contributed by atoms with Crippen LogP contribution in [0.5, 0.6) is 5.75 Å². The number of fused-ring (bicyclic) bond motifs is 1. The van der Waals surface area contributed by atoms with Crippen LogP contribution >= 0.6 is 0 Å². The lowest BCUT2D eigenvalue weighted by Crippen LogP contribution is -2.21. The van der Waals surface area contributed by atoms with Gasteiger partial charge >= 0.3 is 5.97 Å². The molecule has 1 radical (unpaired) electrons. The monoisotopic (exact) mass is 192 g/mol. The van der Waals surface area contributed by atoms with Gasteiger partial charge in [-0.25, -0.2) is 4.79 Å². The molecule has 1 heterocycles. The first-order valence-corrected chi connectivity index (χ1v) is 3.85. The number of nitrogens with one attached hydrogen (secondary N) is 1. The Labute approximate surface area is 79.3 Å². The van der Waals surface area contributed by atoms with Crippen LogP contribution in [0.3, 0.4) is 0 Å². The number of carbonyl (C=O) groups is 2. The molecule has 5 nitrogen and oxygen atoms in total. The number of hydrogen-bond donors (Lipinski definition) is 2. The minimum Gasteiger partial charge on any atom is -0.478 e. The summed E-state index contributed by atoms with van der Waals surface area (Å²) < 4.78 is 4.94. The molecule has 71 valence electrons. The van der Waals surface area contributed by atoms with Gasteiger partial charge in [0.25, 0.3) is 5.91 Å². The highest BCUT2D eigenvalue weighted by molar-refractivity contribution is 6.01. The van der Waals surface area contributed by atoms with E-state index in [1.54, 1.807) is 0 Å². The average molecular weight is 192 g/mol. The summed E-state index contributed by atoms with van der Waals surface area (Å²) in [6.07, 6.45) is 0. The molecule has 1 aliphatic heterocycles. The second-order valence-electron chi connectivity index (χ2n) is 2.74. The molecule has 0 spiro atoms. The van der Waals surface area contributed by atoms with Crippen molar-refractivity contribution >= 4 is 17.6 Å². The van der Waals surface area contributed by atoms with Gasteiger partial charge in [0.1, 0.15) is 5.75 Å². The number of carboxylic acids is 1. The largest absolute Gasteiger partial charge is 0.478 e. The molecule has 1 aromatic carbocycles. The lowest BCUT2D eigenvalue weighted by atomic mass is 10.1. The number of carbonyl (C=O) groups excluding carboxylic acids is 1. The maximum absolute atomic E-state index is 10.9. The molecular weight excluding hydrogens is 186 g/mol. The topological polar surface area (TPSA) is 75.6 Å². The Kier molecular flexibility index (Phi) is 1.85. The number of rotatable bonds is 1. The van der Waals surface area contributed by atoms with Crippen LogP contribution in [0.15, 0.2) is 18.2 Å². The van der Waals surface area contributed by atoms with Gasteiger partial charge in [0, 0.05) is 0 Å². The molecular formula is C9H6NO4. The molecule has 1 aromatic rings. The first-order chi connectivity index (χ1) is 6.66. The van der Waals surface area contributed by atoms with Crippen molar-refractivity contribution in [3.63, 3.8) is 0 Å². The van der Waals surface area contributed by atoms with Crippen LogP contribution in [0.2, 0.25) is 0 Å². The third-order valence-electron chi connectivity index (χ3n) is 1.78. The van der Waals surface area contributed by atoms with Crippen LogP contribution < -0.4 is 10.1 Å². The Bertz CT molecular complexity index is 413. The van der Waals surface area contributed by atoms with Gasteiger partial charge in [-0.15, -0.1) is 0 Å². The molecule has 0 fully saturated rings. The lowest BCUT2D eigenvalue weighted by Gasteiger charge is -2.16. The number of anilines is 1. The summed E-state index contributed by atoms with van der Waals surface area (Å²) in [6, 6.07) is 4.25. The number of benzene rings is 1. The zero-order chi connectivity index (χ0) is 10.1. The van der Waals surface area contributed by atoms with Gasteiger partial charge in [-0.3, -0.25) is 4.79 Å². The lowest BCUT2D eigenvalue weighted by molar-refractivity contribution is -0.115. The van der Waals surface area contributed by atoms with Crippen molar-refractivity contribution in [3.8, 4) is 5.75 Å². The second kappa shape index (κ2) is 3.02. The fraction of sp³-hybridized carbons (Fsp3) is 0. The van der Waals surface area contributed by atoms with Crippen LogP contribution in [-0.2, 0) is 4.79 Å². The molecule has 0 bridgehead atoms. The van der Waals surface area contributed by atoms with Crippen molar-refractivity contribution in [2.45, 2.75) is 0 Å². The van der Waals surface area contributed by atoms with E-state index in [1.807, 2.05) is 0 Å². The standard InChI is InChI=1S/C9H6NO4/c11-8-4-14-7-2-1-5(9(12)13)3-6(7)10-8/h1-4H,(H,10,11)(H,12,13). The summed E-state index contributed by atoms with van der Waals surface area (Å²) in [6.45, 7) is 1.03. The van der Waals surface area contributed by atoms with Crippen molar-refractivity contribution in [3.05, 3.63) is 30.4 Å². The molecule has 0 aliphatic carbocycles. The summed E-state index contributed by atoms with van der Waals surface area (Å²) in [5.41, 5.74) is 0.479. The van der Waals surface area contributed by atoms with E-state index in [1.165, 1.54) is 18.2 Å². The quantitative estimate of drug-likeness (QED) is 0.692. The molecule has 0 atom stereocenters. The average Bonchev–Trinajstić information content (AvgIpc) is 2.16. The maximum Gasteiger partial charge on any atom is 0.335 e. The molecule has 2 N–H and O–H groups in total. The number of hydrogen-bond acceptors (Lipinski definition) is 3. The van der Waals surface area contributed by atoms with Crippen LogP contribution in [0.25, 0.3) is 0 Å². The Balaban J connectivity index is 2.42. The van der Waals surface area contributed by atoms with Crippen LogP contribution in [0.1, 0.15) is 10.4 Å². The molecule has 0 aromatic heterocycles. The van der Waals surface area contributed by atoms with Crippen LogP contribution in [-0.4, -0.2) is 17.0 Å². The van der Waals surface area contributed by atoms with Gasteiger partial charge in [0.05, 0.1) is 11.3 Å². The summed E-state index contributed by atoms with van der Waals surface area (Å²) in [4.78, 5) is 21.5. The van der Waals surface area contributed by atoms with Crippen molar-refractivity contribution < 1.29 is 19.4 Å². The summed E-state index contributed by atoms with van der Waals surface area (Å²) >= 11 is 0. The third-order valence-corrected chi connectivity index (χ3v) is 1.78. The molecule has 1 amide bonds. The van der Waals surface area contributed by atoms with E-state index in [4.69, 9.17) is 9.84 Å². The van der Waals surface area contributed by atoms with Crippen molar-refractivity contribution in [2.75, 3.05) is 5.32 Å². The van der Waals surface area contributed by atoms with E-state index < -0.39 is 11.9 Å². The van der Waals surface area contributed by atoms with Gasteiger partial charge in [0.2, 0.25) is 6.61 Å². The normalized spacial score (nSPS) is 13.9. The molecule has 2 rings (SSSR count). The molecule has 14 heavy (non-hydrogen) atoms. The predicted octanol–water partition coefficient (Wildman–Crippen LogP) is 0.877. The summed E-state index contributed by atoms with van der Waals surface area (Å²) in [5.74, 6) is -1.01. The first-order valence-electron chi connectivity index (χ1n) is 3.85. The molecule has 0 unspecified atom stereocenters. The van der Waals surface area contributed by atoms with Crippen molar-refractivity contribution in [1.82, 2.24) is 0 Å². The number of aromatic carboxylic acids is 1. The Hall–Kier alpha value is -2.04. The van der Waals surface area contributed by atoms with Gasteiger partial charge in [0.15, 0.2) is 0 Å². The Morgan fingerprint density at radius 3 is 2.93 bits per heavy atom. The molecule has 0 saturated carbocycles. The molecule has 1 aliphatic rings. The van der Waals surface area contributed by atoms with E-state index >= 15 is 0 Å². The molecule has 0 saturated heterocycles. The zero-order valence-electron chi connectivity index (χ0n) is 6.98. The fourth-order valence-electron chi connectivity index (χ4n) is 1.14. The summed E-state index contributed by atoms with van der Waals surface area (Å²) in [7, 11) is 0. The highest BCUT2D eigenvalue weighted by Gasteiger charge is 2.17. The van der Waals surface area contributed by atoms with Gasteiger partial charge < -0.3 is 15.2 Å². The van der Waals surface area contributed by atoms with E-state index in [9.17, 15) is 9.59 Å². The number of ether oxygens (including phenoxy) is 1. The number of amides is 1. The number of carboxylic acid groups (broad SMARTS) is 1. The van der Waals surface area contributed by atoms with Crippen molar-refractivity contribution in [2.24, 2.45) is 0 Å². The highest BCUT2D eigenvalue weighted by atomic mass is 16.5. The van der Waals surface area contributed by atoms with Gasteiger partial charge in [-0.2, -0.15) is 0 Å². The van der Waals surface area contributed by atoms with E-state index in [0.717, 1.165) is 6.61 Å². The third kappa shape index (κ3) is 1.39. The van der Waals surface area contributed by atoms with Crippen molar-refractivity contribution in [1.29, 1.82) is 0 Å². The zero-order valence-corrected chi connectivity index (χ0v) is 6.98. The summed E-state index contributed by atoms with van der Waals surface area (Å²) in [5, 5.41) is 11.2. The smallest absolute Gasteiger partial charge is 0.335 e. The molecule has 5 heteroatoms. The fourth-order valence-corrected chi connectivity index (χ4v) is 1.14. The van der Waals surface area contributed by atoms with E-state index in [2.05, 4.69) is 5.32 Å². The SMILES string of the molecule is O=C1[CH]Oc2ccc(C(=O)O)cc2N1. The van der Waals surface area contributed by atoms with Gasteiger partial charge in [-0.05, 0) is 18.2 Å². The minimum atomic E-state index is -1.04. The second-order valence-corrected chi connectivity index (χ2v) is 2.74. The van der Waals surface area contributed by atoms with Crippen LogP contribution in [0.4, 0.5) is 5.69 Å². The van der Waals surface area contributed by atoms with E-state index in [-0.39, 0.29) is 5.56 Å². The van der Waals surface area contributed by atoms with Gasteiger partial charge in [-0.1, -0.05) is 0 Å². The first kappa shape index (κ1) is 8.55. The Morgan fingerprint density at radius 1 is 1.43 bits per heavy atom. The highest BCUT2D eigenvalue weighted by Crippen LogP contribution is 2.29.